The predicted octanol–water partition coefficient (Wildman–Crippen LogP) is 3.81. The fourth-order valence-electron chi connectivity index (χ4n) is 3.45. The van der Waals surface area contributed by atoms with E-state index in [-0.39, 0.29) is 18.2 Å². The van der Waals surface area contributed by atoms with Gasteiger partial charge in [0, 0.05) is 22.2 Å². The highest BCUT2D eigenvalue weighted by Crippen LogP contribution is 2.35. The zero-order valence-electron chi connectivity index (χ0n) is 17.3. The molecule has 2 amide bonds. The third-order valence-electron chi connectivity index (χ3n) is 5.00. The molecule has 0 aliphatic carbocycles. The lowest BCUT2D eigenvalue weighted by Gasteiger charge is -2.23. The molecule has 160 valence electrons. The molecule has 1 aliphatic heterocycles. The number of methoxy groups -OCH3 is 2. The first-order valence-electron chi connectivity index (χ1n) is 9.59. The van der Waals surface area contributed by atoms with Gasteiger partial charge in [0.15, 0.2) is 11.5 Å². The largest absolute Gasteiger partial charge is 0.493 e. The van der Waals surface area contributed by atoms with E-state index in [0.29, 0.717) is 28.7 Å². The summed E-state index contributed by atoms with van der Waals surface area (Å²) in [6, 6.07) is 14.0. The lowest BCUT2D eigenvalue weighted by atomic mass is 10.1. The first-order valence-corrected chi connectivity index (χ1v) is 10.8. The average Bonchev–Trinajstić information content (AvgIpc) is 3.21. The van der Waals surface area contributed by atoms with E-state index in [1.54, 1.807) is 48.9 Å². The second kappa shape index (κ2) is 8.73. The summed E-state index contributed by atoms with van der Waals surface area (Å²) < 4.78 is 12.2. The number of fused-ring (bicyclic) bond motifs is 1. The second-order valence-corrected chi connectivity index (χ2v) is 7.80. The zero-order chi connectivity index (χ0) is 22.0. The van der Waals surface area contributed by atoms with Crippen LogP contribution in [-0.4, -0.2) is 42.1 Å². The van der Waals surface area contributed by atoms with Gasteiger partial charge in [-0.1, -0.05) is 6.07 Å². The van der Waals surface area contributed by atoms with Crippen molar-refractivity contribution < 1.29 is 19.1 Å². The van der Waals surface area contributed by atoms with Gasteiger partial charge >= 0.3 is 0 Å². The molecule has 0 bridgehead atoms. The van der Waals surface area contributed by atoms with E-state index in [9.17, 15) is 9.59 Å². The van der Waals surface area contributed by atoms with Gasteiger partial charge in [-0.2, -0.15) is 5.10 Å². The Hall–Kier alpha value is -3.46. The van der Waals surface area contributed by atoms with E-state index in [2.05, 4.69) is 15.7 Å². The van der Waals surface area contributed by atoms with E-state index in [0.717, 1.165) is 10.5 Å². The topological polar surface area (TPSA) is 94.5 Å². The van der Waals surface area contributed by atoms with Crippen LogP contribution in [0, 0.1) is 0 Å². The molecule has 2 N–H and O–H groups in total. The van der Waals surface area contributed by atoms with Gasteiger partial charge in [0.25, 0.3) is 0 Å². The lowest BCUT2D eigenvalue weighted by molar-refractivity contribution is -0.125. The highest BCUT2D eigenvalue weighted by atomic mass is 32.2. The van der Waals surface area contributed by atoms with Crippen LogP contribution in [-0.2, 0) is 9.59 Å². The maximum atomic E-state index is 13.0. The molecule has 0 saturated heterocycles. The van der Waals surface area contributed by atoms with Crippen LogP contribution in [0.15, 0.2) is 53.4 Å². The van der Waals surface area contributed by atoms with Gasteiger partial charge in [0.2, 0.25) is 11.8 Å². The Morgan fingerprint density at radius 2 is 1.97 bits per heavy atom. The summed E-state index contributed by atoms with van der Waals surface area (Å²) in [4.78, 5) is 26.3. The summed E-state index contributed by atoms with van der Waals surface area (Å²) in [6.45, 7) is 0. The molecule has 1 aliphatic rings. The number of ether oxygens (including phenoxy) is 2. The van der Waals surface area contributed by atoms with Crippen molar-refractivity contribution in [1.29, 1.82) is 0 Å². The minimum Gasteiger partial charge on any atom is -0.493 e. The van der Waals surface area contributed by atoms with Crippen molar-refractivity contribution in [1.82, 2.24) is 9.78 Å². The molecule has 2 aromatic carbocycles. The van der Waals surface area contributed by atoms with Gasteiger partial charge in [-0.15, -0.1) is 11.8 Å². The number of carbonyl (C=O) groups excluding carboxylic acids is 2. The number of aromatic nitrogens is 2. The Balaban J connectivity index is 1.64. The van der Waals surface area contributed by atoms with Crippen LogP contribution in [0.25, 0.3) is 11.3 Å². The van der Waals surface area contributed by atoms with Crippen LogP contribution in [0.5, 0.6) is 11.5 Å². The Morgan fingerprint density at radius 1 is 1.16 bits per heavy atom. The van der Waals surface area contributed by atoms with Crippen molar-refractivity contribution in [3.63, 3.8) is 0 Å². The number of nitrogens with one attached hydrogen (secondary N) is 2. The van der Waals surface area contributed by atoms with Crippen molar-refractivity contribution in [3.8, 4) is 22.8 Å². The third-order valence-corrected chi connectivity index (χ3v) is 5.72. The second-order valence-electron chi connectivity index (χ2n) is 6.92. The predicted molar refractivity (Wildman–Crippen MR) is 120 cm³/mol. The summed E-state index contributed by atoms with van der Waals surface area (Å²) in [5, 5.41) is 10.3. The SMILES string of the molecule is COc1ccc(-c2cc3n(n2)[C@@H](C(=O)Nc2cccc(SC)c2)CC(=O)N3)cc1OC. The van der Waals surface area contributed by atoms with Crippen LogP contribution in [0.4, 0.5) is 11.5 Å². The molecule has 31 heavy (non-hydrogen) atoms. The molecular weight excluding hydrogens is 416 g/mol. The monoisotopic (exact) mass is 438 g/mol. The smallest absolute Gasteiger partial charge is 0.249 e. The van der Waals surface area contributed by atoms with E-state index >= 15 is 0 Å². The summed E-state index contributed by atoms with van der Waals surface area (Å²) in [5.41, 5.74) is 2.07. The van der Waals surface area contributed by atoms with Crippen LogP contribution >= 0.6 is 11.8 Å². The fourth-order valence-corrected chi connectivity index (χ4v) is 3.91. The number of hydrogen-bond acceptors (Lipinski definition) is 6. The molecular formula is C22H22N4O4S. The van der Waals surface area contributed by atoms with Crippen molar-refractivity contribution >= 4 is 35.1 Å². The van der Waals surface area contributed by atoms with Gasteiger partial charge in [0.05, 0.1) is 26.3 Å². The summed E-state index contributed by atoms with van der Waals surface area (Å²) in [5.74, 6) is 1.12. The quantitative estimate of drug-likeness (QED) is 0.569. The Bertz CT molecular complexity index is 1140. The first kappa shape index (κ1) is 20.8. The minimum absolute atomic E-state index is 0.00804. The highest BCUT2D eigenvalue weighted by Gasteiger charge is 2.32. The molecule has 0 unspecified atom stereocenters. The van der Waals surface area contributed by atoms with Gasteiger partial charge in [-0.25, -0.2) is 4.68 Å². The molecule has 8 nitrogen and oxygen atoms in total. The van der Waals surface area contributed by atoms with Crippen molar-refractivity contribution in [2.24, 2.45) is 0 Å². The number of thioether (sulfide) groups is 1. The van der Waals surface area contributed by atoms with Crippen molar-refractivity contribution in [2.75, 3.05) is 31.1 Å². The molecule has 0 spiro atoms. The van der Waals surface area contributed by atoms with E-state index < -0.39 is 6.04 Å². The number of hydrogen-bond donors (Lipinski definition) is 2. The molecule has 2 heterocycles. The number of rotatable bonds is 6. The van der Waals surface area contributed by atoms with Crippen molar-refractivity contribution in [2.45, 2.75) is 17.4 Å². The number of nitrogens with zero attached hydrogens (tertiary/aromatic N) is 2. The first-order chi connectivity index (χ1) is 15.0. The number of amides is 2. The molecule has 0 fully saturated rings. The summed E-state index contributed by atoms with van der Waals surface area (Å²) in [6.07, 6.45) is 1.98. The van der Waals surface area contributed by atoms with Crippen LogP contribution in [0.1, 0.15) is 12.5 Å². The van der Waals surface area contributed by atoms with Crippen LogP contribution in [0.2, 0.25) is 0 Å². The third kappa shape index (κ3) is 4.22. The summed E-state index contributed by atoms with van der Waals surface area (Å²) >= 11 is 1.59. The normalized spacial score (nSPS) is 15.1. The van der Waals surface area contributed by atoms with E-state index in [1.165, 1.54) is 0 Å². The number of carbonyl (C=O) groups is 2. The molecule has 3 aromatic rings. The van der Waals surface area contributed by atoms with E-state index in [4.69, 9.17) is 9.47 Å². The highest BCUT2D eigenvalue weighted by molar-refractivity contribution is 7.98. The molecule has 4 rings (SSSR count). The van der Waals surface area contributed by atoms with Crippen molar-refractivity contribution in [3.05, 3.63) is 48.5 Å². The zero-order valence-corrected chi connectivity index (χ0v) is 18.2. The van der Waals surface area contributed by atoms with E-state index in [1.807, 2.05) is 36.6 Å². The van der Waals surface area contributed by atoms with Gasteiger partial charge < -0.3 is 20.1 Å². The Kier molecular flexibility index (Phi) is 5.85. The molecule has 0 radical (unpaired) electrons. The average molecular weight is 439 g/mol. The Morgan fingerprint density at radius 3 is 2.71 bits per heavy atom. The summed E-state index contributed by atoms with van der Waals surface area (Å²) in [7, 11) is 3.13. The minimum atomic E-state index is -0.754. The molecule has 9 heteroatoms. The maximum Gasteiger partial charge on any atom is 0.249 e. The van der Waals surface area contributed by atoms with Gasteiger partial charge in [0.1, 0.15) is 11.9 Å². The molecule has 0 saturated carbocycles. The Labute approximate surface area is 183 Å². The molecule has 1 atom stereocenters. The van der Waals surface area contributed by atoms with Gasteiger partial charge in [-0.3, -0.25) is 9.59 Å². The maximum absolute atomic E-state index is 13.0. The fraction of sp³-hybridized carbons (Fsp3) is 0.227. The lowest BCUT2D eigenvalue weighted by Crippen LogP contribution is -2.35. The number of benzene rings is 2. The van der Waals surface area contributed by atoms with Gasteiger partial charge in [-0.05, 0) is 42.7 Å². The standard InChI is InChI=1S/C22H22N4O4S/c1-29-18-8-7-13(9-19(18)30-2)16-11-20-24-21(27)12-17(26(20)25-16)22(28)23-14-5-4-6-15(10-14)31-3/h4-11,17H,12H2,1-3H3,(H,23,28)(H,24,27)/t17-/m1/s1. The van der Waals surface area contributed by atoms with Crippen LogP contribution in [0.3, 0.4) is 0 Å². The number of anilines is 2. The van der Waals surface area contributed by atoms with Crippen LogP contribution < -0.4 is 20.1 Å². The molecule has 1 aromatic heterocycles.